The van der Waals surface area contributed by atoms with Gasteiger partial charge in [-0.2, -0.15) is 15.5 Å². The maximum absolute atomic E-state index is 8.89. The summed E-state index contributed by atoms with van der Waals surface area (Å²) in [6.45, 7) is 5.11. The minimum atomic E-state index is 0.350. The normalized spacial score (nSPS) is 21.7. The van der Waals surface area contributed by atoms with Crippen molar-refractivity contribution in [2.24, 2.45) is 0 Å². The Morgan fingerprint density at radius 3 is 3.18 bits per heavy atom. The minimum Gasteiger partial charge on any atom is -0.373 e. The molecule has 1 fully saturated rings. The number of likely N-dealkylation sites (tertiary alicyclic amines) is 1. The van der Waals surface area contributed by atoms with Gasteiger partial charge in [0.1, 0.15) is 6.07 Å². The number of rotatable bonds is 3. The number of nitrogens with zero attached hydrogens (tertiary/aromatic N) is 6. The molecule has 1 unspecified atom stereocenters. The summed E-state index contributed by atoms with van der Waals surface area (Å²) in [5.41, 5.74) is 2.90. The summed E-state index contributed by atoms with van der Waals surface area (Å²) in [7, 11) is 0. The zero-order valence-corrected chi connectivity index (χ0v) is 12.4. The lowest BCUT2D eigenvalue weighted by atomic mass is 10.3. The summed E-state index contributed by atoms with van der Waals surface area (Å²) in [6.07, 6.45) is 4.52. The number of hydrogen-bond donors (Lipinski definition) is 0. The molecule has 4 rings (SSSR count). The number of hydrogen-bond acceptors (Lipinski definition) is 5. The maximum atomic E-state index is 8.89. The molecule has 2 aromatic rings. The van der Waals surface area contributed by atoms with Crippen molar-refractivity contribution in [2.75, 3.05) is 19.7 Å². The molecule has 7 nitrogen and oxygen atoms in total. The Bertz CT molecular complexity index is 688. The molecule has 2 aliphatic heterocycles. The molecule has 0 radical (unpaired) electrons. The first-order valence-electron chi connectivity index (χ1n) is 7.62. The third kappa shape index (κ3) is 2.51. The van der Waals surface area contributed by atoms with Crippen LogP contribution in [0.1, 0.15) is 29.4 Å². The highest BCUT2D eigenvalue weighted by molar-refractivity contribution is 5.22. The Hall–Kier alpha value is -2.17. The molecule has 0 saturated carbocycles. The standard InChI is InChI=1S/C15H18N6O/c16-6-12-7-17-21(8-12)14-1-2-19(10-14)9-13-5-15-11-22-4-3-20(15)18-13/h5,7-8,14H,1-4,9-11H2. The molecule has 1 saturated heterocycles. The van der Waals surface area contributed by atoms with Crippen LogP contribution in [0.4, 0.5) is 0 Å². The van der Waals surface area contributed by atoms with Crippen LogP contribution in [0.2, 0.25) is 0 Å². The van der Waals surface area contributed by atoms with Crippen LogP contribution in [-0.2, 0) is 24.4 Å². The number of ether oxygens (including phenoxy) is 1. The van der Waals surface area contributed by atoms with Crippen LogP contribution in [0, 0.1) is 11.3 Å². The van der Waals surface area contributed by atoms with E-state index in [0.717, 1.165) is 44.9 Å². The largest absolute Gasteiger partial charge is 0.373 e. The van der Waals surface area contributed by atoms with E-state index < -0.39 is 0 Å². The van der Waals surface area contributed by atoms with Gasteiger partial charge in [-0.1, -0.05) is 0 Å². The minimum absolute atomic E-state index is 0.350. The lowest BCUT2D eigenvalue weighted by Crippen LogP contribution is -2.22. The molecule has 2 aliphatic rings. The number of aromatic nitrogens is 4. The van der Waals surface area contributed by atoms with E-state index in [2.05, 4.69) is 31.9 Å². The molecule has 0 amide bonds. The SMILES string of the molecule is N#Cc1cnn(C2CCN(Cc3cc4n(n3)CCOC4)C2)c1. The van der Waals surface area contributed by atoms with E-state index in [4.69, 9.17) is 10.00 Å². The van der Waals surface area contributed by atoms with Gasteiger partial charge in [0.05, 0.1) is 48.9 Å². The summed E-state index contributed by atoms with van der Waals surface area (Å²) in [5.74, 6) is 0. The van der Waals surface area contributed by atoms with Crippen LogP contribution < -0.4 is 0 Å². The van der Waals surface area contributed by atoms with E-state index in [-0.39, 0.29) is 0 Å². The molecular weight excluding hydrogens is 280 g/mol. The van der Waals surface area contributed by atoms with E-state index in [1.165, 1.54) is 5.69 Å². The van der Waals surface area contributed by atoms with E-state index in [1.807, 2.05) is 10.9 Å². The second-order valence-electron chi connectivity index (χ2n) is 5.90. The summed E-state index contributed by atoms with van der Waals surface area (Å²) in [5, 5.41) is 17.8. The van der Waals surface area contributed by atoms with Crippen LogP contribution in [0.5, 0.6) is 0 Å². The predicted molar refractivity (Wildman–Crippen MR) is 77.8 cm³/mol. The van der Waals surface area contributed by atoms with Crippen molar-refractivity contribution in [3.63, 3.8) is 0 Å². The van der Waals surface area contributed by atoms with Gasteiger partial charge in [-0.25, -0.2) is 0 Å². The van der Waals surface area contributed by atoms with Crippen molar-refractivity contribution in [2.45, 2.75) is 32.2 Å². The summed E-state index contributed by atoms with van der Waals surface area (Å²) in [6, 6.07) is 4.62. The molecule has 114 valence electrons. The van der Waals surface area contributed by atoms with Crippen molar-refractivity contribution in [1.82, 2.24) is 24.5 Å². The van der Waals surface area contributed by atoms with Gasteiger partial charge in [-0.05, 0) is 12.5 Å². The molecule has 4 heterocycles. The summed E-state index contributed by atoms with van der Waals surface area (Å²) < 4.78 is 9.43. The zero-order chi connectivity index (χ0) is 14.9. The van der Waals surface area contributed by atoms with Crippen LogP contribution in [0.3, 0.4) is 0 Å². The molecule has 22 heavy (non-hydrogen) atoms. The Labute approximate surface area is 128 Å². The molecule has 0 N–H and O–H groups in total. The highest BCUT2D eigenvalue weighted by Gasteiger charge is 2.25. The first kappa shape index (κ1) is 13.5. The first-order valence-corrected chi connectivity index (χ1v) is 7.62. The van der Waals surface area contributed by atoms with Gasteiger partial charge in [0.2, 0.25) is 0 Å². The molecule has 0 bridgehead atoms. The molecule has 0 aliphatic carbocycles. The average molecular weight is 298 g/mol. The topological polar surface area (TPSA) is 71.9 Å². The van der Waals surface area contributed by atoms with Gasteiger partial charge in [-0.3, -0.25) is 14.3 Å². The Morgan fingerprint density at radius 2 is 2.36 bits per heavy atom. The predicted octanol–water partition coefficient (Wildman–Crippen LogP) is 0.928. The van der Waals surface area contributed by atoms with Gasteiger partial charge in [0, 0.05) is 25.8 Å². The van der Waals surface area contributed by atoms with E-state index in [9.17, 15) is 0 Å². The monoisotopic (exact) mass is 298 g/mol. The number of nitriles is 1. The fraction of sp³-hybridized carbons (Fsp3) is 0.533. The molecule has 0 aromatic carbocycles. The molecular formula is C15H18N6O. The third-order valence-corrected chi connectivity index (χ3v) is 4.35. The average Bonchev–Trinajstić information content (AvgIpc) is 3.25. The van der Waals surface area contributed by atoms with Crippen molar-refractivity contribution in [3.8, 4) is 6.07 Å². The Balaban J connectivity index is 1.40. The Morgan fingerprint density at radius 1 is 1.41 bits per heavy atom. The lowest BCUT2D eigenvalue weighted by molar-refractivity contribution is 0.0799. The van der Waals surface area contributed by atoms with Crippen LogP contribution in [-0.4, -0.2) is 44.2 Å². The van der Waals surface area contributed by atoms with E-state index in [0.29, 0.717) is 18.2 Å². The summed E-state index contributed by atoms with van der Waals surface area (Å²) >= 11 is 0. The molecule has 0 spiro atoms. The van der Waals surface area contributed by atoms with Gasteiger partial charge >= 0.3 is 0 Å². The number of fused-ring (bicyclic) bond motifs is 1. The van der Waals surface area contributed by atoms with E-state index in [1.54, 1.807) is 6.20 Å². The zero-order valence-electron chi connectivity index (χ0n) is 12.4. The second kappa shape index (κ2) is 5.55. The van der Waals surface area contributed by atoms with Crippen molar-refractivity contribution in [3.05, 3.63) is 35.4 Å². The fourth-order valence-corrected chi connectivity index (χ4v) is 3.23. The molecule has 2 aromatic heterocycles. The molecule has 7 heteroatoms. The first-order chi connectivity index (χ1) is 10.8. The van der Waals surface area contributed by atoms with Crippen molar-refractivity contribution < 1.29 is 4.74 Å². The fourth-order valence-electron chi connectivity index (χ4n) is 3.23. The third-order valence-electron chi connectivity index (χ3n) is 4.35. The van der Waals surface area contributed by atoms with Gasteiger partial charge in [-0.15, -0.1) is 0 Å². The smallest absolute Gasteiger partial charge is 0.102 e. The van der Waals surface area contributed by atoms with E-state index >= 15 is 0 Å². The Kier molecular flexibility index (Phi) is 3.41. The highest BCUT2D eigenvalue weighted by atomic mass is 16.5. The maximum Gasteiger partial charge on any atom is 0.102 e. The molecule has 1 atom stereocenters. The van der Waals surface area contributed by atoms with Gasteiger partial charge in [0.25, 0.3) is 0 Å². The second-order valence-corrected chi connectivity index (χ2v) is 5.90. The van der Waals surface area contributed by atoms with Crippen molar-refractivity contribution in [1.29, 1.82) is 5.26 Å². The van der Waals surface area contributed by atoms with Gasteiger partial charge < -0.3 is 4.74 Å². The summed E-state index contributed by atoms with van der Waals surface area (Å²) in [4.78, 5) is 2.40. The van der Waals surface area contributed by atoms with Crippen molar-refractivity contribution >= 4 is 0 Å². The lowest BCUT2D eigenvalue weighted by Gasteiger charge is -2.14. The van der Waals surface area contributed by atoms with Crippen LogP contribution in [0.15, 0.2) is 18.5 Å². The quantitative estimate of drug-likeness (QED) is 0.843. The highest BCUT2D eigenvalue weighted by Crippen LogP contribution is 2.23. The van der Waals surface area contributed by atoms with Crippen LogP contribution in [0.25, 0.3) is 0 Å². The van der Waals surface area contributed by atoms with Crippen LogP contribution >= 0.6 is 0 Å². The van der Waals surface area contributed by atoms with Gasteiger partial charge in [0.15, 0.2) is 0 Å².